The van der Waals surface area contributed by atoms with Crippen LogP contribution in [-0.4, -0.2) is 38.4 Å². The summed E-state index contributed by atoms with van der Waals surface area (Å²) >= 11 is 0. The normalized spacial score (nSPS) is 11.3. The molecule has 0 atom stereocenters. The highest BCUT2D eigenvalue weighted by atomic mass is 19.4. The molecule has 2 aromatic carbocycles. The maximum absolute atomic E-state index is 13.9. The fourth-order valence-electron chi connectivity index (χ4n) is 4.40. The van der Waals surface area contributed by atoms with Gasteiger partial charge in [-0.3, -0.25) is 14.7 Å². The van der Waals surface area contributed by atoms with E-state index in [1.54, 1.807) is 36.9 Å². The van der Waals surface area contributed by atoms with Crippen molar-refractivity contribution in [3.05, 3.63) is 106 Å². The van der Waals surface area contributed by atoms with Gasteiger partial charge in [-0.15, -0.1) is 0 Å². The molecule has 41 heavy (non-hydrogen) atoms. The maximum atomic E-state index is 13.9. The van der Waals surface area contributed by atoms with Gasteiger partial charge in [-0.2, -0.15) is 13.2 Å². The van der Waals surface area contributed by atoms with Crippen LogP contribution >= 0.6 is 0 Å². The number of anilines is 1. The van der Waals surface area contributed by atoms with Crippen LogP contribution in [0.25, 0.3) is 5.69 Å². The van der Waals surface area contributed by atoms with E-state index in [0.29, 0.717) is 29.8 Å². The van der Waals surface area contributed by atoms with Crippen molar-refractivity contribution in [2.45, 2.75) is 46.8 Å². The van der Waals surface area contributed by atoms with E-state index in [9.17, 15) is 18.0 Å². The lowest BCUT2D eigenvalue weighted by molar-refractivity contribution is -0.138. The molecule has 0 spiro atoms. The molecule has 4 aromatic rings. The van der Waals surface area contributed by atoms with Crippen molar-refractivity contribution < 1.29 is 18.0 Å². The third-order valence-electron chi connectivity index (χ3n) is 6.63. The van der Waals surface area contributed by atoms with E-state index in [4.69, 9.17) is 0 Å². The second kappa shape index (κ2) is 12.8. The Labute approximate surface area is 238 Å². The smallest absolute Gasteiger partial charge is 0.322 e. The molecule has 9 heteroatoms. The standard InChI is InChI=1S/C32H32F3N5O/c1-5-13-39(6-2)20-27-11-12-28(16-30(27)32(33,34)35)38-31(41)26-9-7-22(3)25(15-26)10-8-24-14-29(18-36-17-24)40-19-23(4)37-21-40/h7,9,11-12,14-19,21H,5-6,13,20H2,1-4H3,(H,38,41). The summed E-state index contributed by atoms with van der Waals surface area (Å²) in [5.41, 5.74) is 3.68. The first-order chi connectivity index (χ1) is 19.6. The van der Waals surface area contributed by atoms with E-state index < -0.39 is 17.6 Å². The van der Waals surface area contributed by atoms with E-state index in [1.807, 2.05) is 49.4 Å². The van der Waals surface area contributed by atoms with Crippen molar-refractivity contribution in [2.75, 3.05) is 18.4 Å². The van der Waals surface area contributed by atoms with Gasteiger partial charge >= 0.3 is 6.18 Å². The minimum Gasteiger partial charge on any atom is -0.322 e. The van der Waals surface area contributed by atoms with Crippen LogP contribution in [0, 0.1) is 25.7 Å². The third kappa shape index (κ3) is 7.62. The number of alkyl halides is 3. The SMILES string of the molecule is CCCN(CC)Cc1ccc(NC(=O)c2ccc(C)c(C#Cc3cncc(-n4cnc(C)c4)c3)c2)cc1C(F)(F)F. The molecule has 0 aliphatic carbocycles. The number of nitrogens with zero attached hydrogens (tertiary/aromatic N) is 4. The van der Waals surface area contributed by atoms with Gasteiger partial charge in [0.2, 0.25) is 0 Å². The monoisotopic (exact) mass is 559 g/mol. The van der Waals surface area contributed by atoms with Crippen LogP contribution in [0.4, 0.5) is 18.9 Å². The Balaban J connectivity index is 1.55. The van der Waals surface area contributed by atoms with Crippen molar-refractivity contribution in [1.82, 2.24) is 19.4 Å². The van der Waals surface area contributed by atoms with Crippen molar-refractivity contribution in [1.29, 1.82) is 0 Å². The molecule has 1 N–H and O–H groups in total. The quantitative estimate of drug-likeness (QED) is 0.242. The highest BCUT2D eigenvalue weighted by molar-refractivity contribution is 6.04. The van der Waals surface area contributed by atoms with E-state index in [1.165, 1.54) is 12.1 Å². The summed E-state index contributed by atoms with van der Waals surface area (Å²) < 4.78 is 43.6. The van der Waals surface area contributed by atoms with Crippen LogP contribution < -0.4 is 5.32 Å². The van der Waals surface area contributed by atoms with Gasteiger partial charge in [0, 0.05) is 41.3 Å². The fourth-order valence-corrected chi connectivity index (χ4v) is 4.40. The van der Waals surface area contributed by atoms with Crippen LogP contribution in [-0.2, 0) is 12.7 Å². The van der Waals surface area contributed by atoms with E-state index >= 15 is 0 Å². The van der Waals surface area contributed by atoms with Gasteiger partial charge in [0.15, 0.2) is 0 Å². The Morgan fingerprint density at radius 2 is 1.85 bits per heavy atom. The zero-order valence-corrected chi connectivity index (χ0v) is 23.5. The molecule has 1 amide bonds. The molecule has 2 heterocycles. The van der Waals surface area contributed by atoms with Gasteiger partial charge in [-0.25, -0.2) is 4.98 Å². The van der Waals surface area contributed by atoms with Crippen molar-refractivity contribution in [3.8, 4) is 17.5 Å². The van der Waals surface area contributed by atoms with E-state index in [0.717, 1.165) is 29.4 Å². The Morgan fingerprint density at radius 1 is 1.05 bits per heavy atom. The average molecular weight is 560 g/mol. The molecule has 2 aromatic heterocycles. The lowest BCUT2D eigenvalue weighted by Gasteiger charge is -2.22. The van der Waals surface area contributed by atoms with Crippen LogP contribution in [0.15, 0.2) is 67.4 Å². The molecule has 0 aliphatic rings. The second-order valence-electron chi connectivity index (χ2n) is 9.83. The second-order valence-corrected chi connectivity index (χ2v) is 9.83. The molecule has 0 aliphatic heterocycles. The Hall–Kier alpha value is -4.42. The fraction of sp³-hybridized carbons (Fsp3) is 0.281. The predicted molar refractivity (Wildman–Crippen MR) is 154 cm³/mol. The van der Waals surface area contributed by atoms with Crippen molar-refractivity contribution in [2.24, 2.45) is 0 Å². The summed E-state index contributed by atoms with van der Waals surface area (Å²) in [6.45, 7) is 9.24. The summed E-state index contributed by atoms with van der Waals surface area (Å²) in [6, 6.07) is 10.9. The van der Waals surface area contributed by atoms with Crippen molar-refractivity contribution >= 4 is 11.6 Å². The molecule has 0 bridgehead atoms. The van der Waals surface area contributed by atoms with Crippen LogP contribution in [0.1, 0.15) is 64.1 Å². The number of hydrogen-bond donors (Lipinski definition) is 1. The summed E-state index contributed by atoms with van der Waals surface area (Å²) in [5, 5.41) is 2.62. The lowest BCUT2D eigenvalue weighted by Crippen LogP contribution is -2.25. The first kappa shape index (κ1) is 29.6. The Bertz CT molecular complexity index is 1600. The van der Waals surface area contributed by atoms with Crippen LogP contribution in [0.2, 0.25) is 0 Å². The number of carbonyl (C=O) groups excluding carboxylic acids is 1. The van der Waals surface area contributed by atoms with Gasteiger partial charge in [0.25, 0.3) is 5.91 Å². The summed E-state index contributed by atoms with van der Waals surface area (Å²) in [7, 11) is 0. The molecule has 4 rings (SSSR count). The number of rotatable bonds is 8. The Kier molecular flexibility index (Phi) is 9.25. The molecule has 6 nitrogen and oxygen atoms in total. The molecule has 0 radical (unpaired) electrons. The number of halogens is 3. The number of nitrogens with one attached hydrogen (secondary N) is 1. The number of benzene rings is 2. The lowest BCUT2D eigenvalue weighted by atomic mass is 10.0. The summed E-state index contributed by atoms with van der Waals surface area (Å²) in [6.07, 6.45) is 3.25. The largest absolute Gasteiger partial charge is 0.416 e. The van der Waals surface area contributed by atoms with Gasteiger partial charge in [0.1, 0.15) is 0 Å². The van der Waals surface area contributed by atoms with E-state index in [2.05, 4.69) is 27.1 Å². The minimum atomic E-state index is -4.54. The number of hydrogen-bond acceptors (Lipinski definition) is 4. The van der Waals surface area contributed by atoms with Crippen LogP contribution in [0.3, 0.4) is 0 Å². The number of carbonyl (C=O) groups is 1. The first-order valence-electron chi connectivity index (χ1n) is 13.4. The molecule has 0 fully saturated rings. The number of amides is 1. The van der Waals surface area contributed by atoms with Crippen molar-refractivity contribution in [3.63, 3.8) is 0 Å². The molecular formula is C32H32F3N5O. The summed E-state index contributed by atoms with van der Waals surface area (Å²) in [4.78, 5) is 23.5. The van der Waals surface area contributed by atoms with Gasteiger partial charge < -0.3 is 9.88 Å². The zero-order chi connectivity index (χ0) is 29.6. The zero-order valence-electron chi connectivity index (χ0n) is 23.5. The molecule has 212 valence electrons. The number of aromatic nitrogens is 3. The topological polar surface area (TPSA) is 63.1 Å². The maximum Gasteiger partial charge on any atom is 0.416 e. The molecular weight excluding hydrogens is 527 g/mol. The molecule has 0 saturated carbocycles. The van der Waals surface area contributed by atoms with E-state index in [-0.39, 0.29) is 17.8 Å². The number of aryl methyl sites for hydroxylation is 2. The van der Waals surface area contributed by atoms with Gasteiger partial charge in [0.05, 0.1) is 29.5 Å². The van der Waals surface area contributed by atoms with Gasteiger partial charge in [-0.1, -0.05) is 37.8 Å². The molecule has 0 saturated heterocycles. The number of pyridine rings is 1. The molecule has 0 unspecified atom stereocenters. The summed E-state index contributed by atoms with van der Waals surface area (Å²) in [5.74, 6) is 5.66. The van der Waals surface area contributed by atoms with Crippen LogP contribution in [0.5, 0.6) is 0 Å². The predicted octanol–water partition coefficient (Wildman–Crippen LogP) is 6.79. The Morgan fingerprint density at radius 3 is 2.54 bits per heavy atom. The minimum absolute atomic E-state index is 0.0791. The third-order valence-corrected chi connectivity index (χ3v) is 6.63. The highest BCUT2D eigenvalue weighted by Gasteiger charge is 2.34. The first-order valence-corrected chi connectivity index (χ1v) is 13.4. The highest BCUT2D eigenvalue weighted by Crippen LogP contribution is 2.34. The average Bonchev–Trinajstić information content (AvgIpc) is 3.39. The van der Waals surface area contributed by atoms with Gasteiger partial charge in [-0.05, 0) is 74.8 Å². The number of imidazole rings is 1.